The van der Waals surface area contributed by atoms with Crippen LogP contribution in [0.25, 0.3) is 0 Å². The van der Waals surface area contributed by atoms with Gasteiger partial charge in [0.2, 0.25) is 0 Å². The third-order valence-electron chi connectivity index (χ3n) is 3.30. The van der Waals surface area contributed by atoms with Crippen molar-refractivity contribution < 1.29 is 4.74 Å². The standard InChI is InChI=1S/C12H16BrNO/c1-8-3-4-9(13)11(15-2)10(8)12(7-14)5-6-12/h3-4H,5-7,14H2,1-2H3. The van der Waals surface area contributed by atoms with Crippen LogP contribution in [-0.4, -0.2) is 13.7 Å². The van der Waals surface area contributed by atoms with E-state index in [1.54, 1.807) is 7.11 Å². The Labute approximate surface area is 98.9 Å². The van der Waals surface area contributed by atoms with E-state index < -0.39 is 0 Å². The van der Waals surface area contributed by atoms with Crippen molar-refractivity contribution in [3.05, 3.63) is 27.7 Å². The molecule has 1 aliphatic rings. The number of ether oxygens (including phenoxy) is 1. The second-order valence-corrected chi connectivity index (χ2v) is 5.11. The van der Waals surface area contributed by atoms with Crippen molar-refractivity contribution >= 4 is 15.9 Å². The van der Waals surface area contributed by atoms with E-state index in [9.17, 15) is 0 Å². The number of methoxy groups -OCH3 is 1. The Morgan fingerprint density at radius 2 is 2.13 bits per heavy atom. The summed E-state index contributed by atoms with van der Waals surface area (Å²) in [5.41, 5.74) is 8.62. The maximum absolute atomic E-state index is 5.87. The van der Waals surface area contributed by atoms with Gasteiger partial charge in [-0.1, -0.05) is 6.07 Å². The summed E-state index contributed by atoms with van der Waals surface area (Å²) in [5, 5.41) is 0. The van der Waals surface area contributed by atoms with Crippen molar-refractivity contribution in [1.29, 1.82) is 0 Å². The van der Waals surface area contributed by atoms with Crippen LogP contribution < -0.4 is 10.5 Å². The molecule has 0 radical (unpaired) electrons. The van der Waals surface area contributed by atoms with Gasteiger partial charge in [-0.15, -0.1) is 0 Å². The Bertz CT molecular complexity index is 385. The van der Waals surface area contributed by atoms with Crippen LogP contribution in [0.5, 0.6) is 5.75 Å². The molecule has 2 nitrogen and oxygen atoms in total. The van der Waals surface area contributed by atoms with Gasteiger partial charge in [0.1, 0.15) is 5.75 Å². The van der Waals surface area contributed by atoms with Gasteiger partial charge in [-0.05, 0) is 47.3 Å². The van der Waals surface area contributed by atoms with E-state index in [1.807, 2.05) is 6.07 Å². The molecule has 0 amide bonds. The number of hydrogen-bond donors (Lipinski definition) is 1. The average molecular weight is 270 g/mol. The molecule has 1 aromatic carbocycles. The van der Waals surface area contributed by atoms with Crippen molar-refractivity contribution in [3.8, 4) is 5.75 Å². The molecular weight excluding hydrogens is 254 g/mol. The van der Waals surface area contributed by atoms with Crippen molar-refractivity contribution in [2.24, 2.45) is 5.73 Å². The van der Waals surface area contributed by atoms with Gasteiger partial charge in [-0.25, -0.2) is 0 Å². The molecular formula is C12H16BrNO. The van der Waals surface area contributed by atoms with E-state index in [1.165, 1.54) is 24.0 Å². The van der Waals surface area contributed by atoms with Crippen molar-refractivity contribution in [3.63, 3.8) is 0 Å². The molecule has 1 aliphatic carbocycles. The predicted molar refractivity (Wildman–Crippen MR) is 65.4 cm³/mol. The van der Waals surface area contributed by atoms with Crippen LogP contribution >= 0.6 is 15.9 Å². The highest BCUT2D eigenvalue weighted by Crippen LogP contribution is 2.53. The van der Waals surface area contributed by atoms with E-state index in [2.05, 4.69) is 28.9 Å². The van der Waals surface area contributed by atoms with Crippen molar-refractivity contribution in [2.45, 2.75) is 25.2 Å². The lowest BCUT2D eigenvalue weighted by Gasteiger charge is -2.20. The lowest BCUT2D eigenvalue weighted by Crippen LogP contribution is -2.21. The first-order chi connectivity index (χ1) is 7.14. The van der Waals surface area contributed by atoms with E-state index in [0.29, 0.717) is 6.54 Å². The highest BCUT2D eigenvalue weighted by atomic mass is 79.9. The summed E-state index contributed by atoms with van der Waals surface area (Å²) in [6.07, 6.45) is 2.36. The number of halogens is 1. The second kappa shape index (κ2) is 3.80. The molecule has 2 rings (SSSR count). The van der Waals surface area contributed by atoms with Crippen LogP contribution in [0.1, 0.15) is 24.0 Å². The molecule has 0 bridgehead atoms. The Balaban J connectivity index is 2.58. The fraction of sp³-hybridized carbons (Fsp3) is 0.500. The van der Waals surface area contributed by atoms with Gasteiger partial charge in [0.15, 0.2) is 0 Å². The smallest absolute Gasteiger partial charge is 0.137 e. The zero-order valence-corrected chi connectivity index (χ0v) is 10.7. The molecule has 2 N–H and O–H groups in total. The highest BCUT2D eigenvalue weighted by Gasteiger charge is 2.46. The largest absolute Gasteiger partial charge is 0.495 e. The van der Waals surface area contributed by atoms with Crippen LogP contribution in [0.4, 0.5) is 0 Å². The summed E-state index contributed by atoms with van der Waals surface area (Å²) in [6, 6.07) is 4.15. The normalized spacial score (nSPS) is 17.6. The summed E-state index contributed by atoms with van der Waals surface area (Å²) in [5.74, 6) is 0.956. The number of benzene rings is 1. The molecule has 0 heterocycles. The lowest BCUT2D eigenvalue weighted by atomic mass is 9.91. The van der Waals surface area contributed by atoms with Crippen LogP contribution in [-0.2, 0) is 5.41 Å². The third-order valence-corrected chi connectivity index (χ3v) is 3.92. The minimum absolute atomic E-state index is 0.180. The third kappa shape index (κ3) is 1.68. The number of hydrogen-bond acceptors (Lipinski definition) is 2. The average Bonchev–Trinajstić information content (AvgIpc) is 3.01. The zero-order chi connectivity index (χ0) is 11.1. The summed E-state index contributed by atoms with van der Waals surface area (Å²) in [6.45, 7) is 2.83. The van der Waals surface area contributed by atoms with Crippen molar-refractivity contribution in [2.75, 3.05) is 13.7 Å². The summed E-state index contributed by atoms with van der Waals surface area (Å²) < 4.78 is 6.50. The first kappa shape index (κ1) is 11.0. The van der Waals surface area contributed by atoms with E-state index in [4.69, 9.17) is 10.5 Å². The Morgan fingerprint density at radius 3 is 2.60 bits per heavy atom. The summed E-state index contributed by atoms with van der Waals surface area (Å²) in [7, 11) is 1.72. The minimum Gasteiger partial charge on any atom is -0.495 e. The van der Waals surface area contributed by atoms with Gasteiger partial charge in [0.05, 0.1) is 11.6 Å². The molecule has 0 saturated heterocycles. The van der Waals surface area contributed by atoms with Crippen LogP contribution in [0.3, 0.4) is 0 Å². The first-order valence-electron chi connectivity index (χ1n) is 5.18. The first-order valence-corrected chi connectivity index (χ1v) is 5.97. The van der Waals surface area contributed by atoms with Crippen LogP contribution in [0.2, 0.25) is 0 Å². The monoisotopic (exact) mass is 269 g/mol. The summed E-state index contributed by atoms with van der Waals surface area (Å²) in [4.78, 5) is 0. The van der Waals surface area contributed by atoms with E-state index >= 15 is 0 Å². The Kier molecular flexibility index (Phi) is 2.77. The molecule has 0 spiro atoms. The highest BCUT2D eigenvalue weighted by molar-refractivity contribution is 9.10. The lowest BCUT2D eigenvalue weighted by molar-refractivity contribution is 0.401. The van der Waals surface area contributed by atoms with Gasteiger partial charge < -0.3 is 10.5 Å². The van der Waals surface area contributed by atoms with E-state index in [0.717, 1.165) is 10.2 Å². The fourth-order valence-electron chi connectivity index (χ4n) is 2.22. The number of rotatable bonds is 3. The van der Waals surface area contributed by atoms with Crippen LogP contribution in [0, 0.1) is 6.92 Å². The predicted octanol–water partition coefficient (Wildman–Crippen LogP) is 2.76. The maximum Gasteiger partial charge on any atom is 0.137 e. The van der Waals surface area contributed by atoms with Gasteiger partial charge in [0.25, 0.3) is 0 Å². The zero-order valence-electron chi connectivity index (χ0n) is 9.14. The van der Waals surface area contributed by atoms with Crippen LogP contribution in [0.15, 0.2) is 16.6 Å². The molecule has 0 atom stereocenters. The second-order valence-electron chi connectivity index (χ2n) is 4.26. The Hall–Kier alpha value is -0.540. The molecule has 0 aromatic heterocycles. The quantitative estimate of drug-likeness (QED) is 0.916. The molecule has 82 valence electrons. The van der Waals surface area contributed by atoms with E-state index in [-0.39, 0.29) is 5.41 Å². The molecule has 1 fully saturated rings. The fourth-order valence-corrected chi connectivity index (χ4v) is 2.71. The maximum atomic E-state index is 5.87. The topological polar surface area (TPSA) is 35.2 Å². The molecule has 15 heavy (non-hydrogen) atoms. The molecule has 3 heteroatoms. The van der Waals surface area contributed by atoms with Gasteiger partial charge >= 0.3 is 0 Å². The van der Waals surface area contributed by atoms with Gasteiger partial charge in [-0.2, -0.15) is 0 Å². The molecule has 0 aliphatic heterocycles. The molecule has 1 saturated carbocycles. The van der Waals surface area contributed by atoms with Gasteiger partial charge in [0, 0.05) is 17.5 Å². The summed E-state index contributed by atoms with van der Waals surface area (Å²) >= 11 is 3.53. The minimum atomic E-state index is 0.180. The SMILES string of the molecule is COc1c(Br)ccc(C)c1C1(CN)CC1. The van der Waals surface area contributed by atoms with Crippen molar-refractivity contribution in [1.82, 2.24) is 0 Å². The van der Waals surface area contributed by atoms with Gasteiger partial charge in [-0.3, -0.25) is 0 Å². The number of aryl methyl sites for hydroxylation is 1. The molecule has 1 aromatic rings. The number of nitrogens with two attached hydrogens (primary N) is 1. The Morgan fingerprint density at radius 1 is 1.47 bits per heavy atom. The molecule has 0 unspecified atom stereocenters.